The van der Waals surface area contributed by atoms with Crippen molar-refractivity contribution in [2.75, 3.05) is 44.3 Å². The molecule has 1 unspecified atom stereocenters. The first-order valence-electron chi connectivity index (χ1n) is 8.01. The predicted molar refractivity (Wildman–Crippen MR) is 83.5 cm³/mol. The van der Waals surface area contributed by atoms with E-state index in [1.807, 2.05) is 15.9 Å². The fourth-order valence-corrected chi connectivity index (χ4v) is 3.33. The molecule has 0 aliphatic carbocycles. The number of amides is 1. The number of halogens is 1. The summed E-state index contributed by atoms with van der Waals surface area (Å²) in [6.45, 7) is 3.73. The van der Waals surface area contributed by atoms with Gasteiger partial charge in [0, 0.05) is 26.2 Å². The summed E-state index contributed by atoms with van der Waals surface area (Å²) in [7, 11) is 0. The summed E-state index contributed by atoms with van der Waals surface area (Å²) < 4.78 is 19.1. The van der Waals surface area contributed by atoms with Crippen molar-refractivity contribution >= 4 is 11.6 Å². The highest BCUT2D eigenvalue weighted by Crippen LogP contribution is 2.28. The Bertz CT molecular complexity index is 623. The van der Waals surface area contributed by atoms with Crippen LogP contribution in [0, 0.1) is 23.1 Å². The molecular weight excluding hydrogens is 297 g/mol. The van der Waals surface area contributed by atoms with Crippen LogP contribution in [-0.2, 0) is 9.53 Å². The quantitative estimate of drug-likeness (QED) is 0.834. The molecule has 1 aromatic carbocycles. The van der Waals surface area contributed by atoms with Crippen molar-refractivity contribution in [2.45, 2.75) is 12.8 Å². The van der Waals surface area contributed by atoms with Gasteiger partial charge in [0.05, 0.1) is 24.8 Å². The SMILES string of the molecule is N#Cc1c(F)cccc1N1CCCC(C(=O)N2CCOCC2)C1. The molecule has 5 nitrogen and oxygen atoms in total. The number of anilines is 1. The number of nitrogens with zero attached hydrogens (tertiary/aromatic N) is 3. The Labute approximate surface area is 135 Å². The number of morpholine rings is 1. The molecule has 2 saturated heterocycles. The lowest BCUT2D eigenvalue weighted by molar-refractivity contribution is -0.139. The highest BCUT2D eigenvalue weighted by Gasteiger charge is 2.31. The van der Waals surface area contributed by atoms with Crippen molar-refractivity contribution < 1.29 is 13.9 Å². The van der Waals surface area contributed by atoms with Gasteiger partial charge in [-0.1, -0.05) is 6.07 Å². The van der Waals surface area contributed by atoms with Crippen molar-refractivity contribution in [3.8, 4) is 6.07 Å². The van der Waals surface area contributed by atoms with Gasteiger partial charge in [-0.3, -0.25) is 4.79 Å². The number of hydrogen-bond acceptors (Lipinski definition) is 4. The number of benzene rings is 1. The highest BCUT2D eigenvalue weighted by molar-refractivity contribution is 5.80. The number of ether oxygens (including phenoxy) is 1. The first kappa shape index (κ1) is 15.8. The van der Waals surface area contributed by atoms with E-state index >= 15 is 0 Å². The Morgan fingerprint density at radius 2 is 2.09 bits per heavy atom. The average molecular weight is 317 g/mol. The molecule has 0 N–H and O–H groups in total. The van der Waals surface area contributed by atoms with Gasteiger partial charge in [0.25, 0.3) is 0 Å². The van der Waals surface area contributed by atoms with E-state index in [4.69, 9.17) is 4.74 Å². The Kier molecular flexibility index (Phi) is 4.77. The third-order valence-electron chi connectivity index (χ3n) is 4.54. The first-order chi connectivity index (χ1) is 11.2. The van der Waals surface area contributed by atoms with Gasteiger partial charge in [-0.05, 0) is 25.0 Å². The molecule has 1 atom stereocenters. The molecule has 1 aromatic rings. The van der Waals surface area contributed by atoms with Gasteiger partial charge in [-0.15, -0.1) is 0 Å². The van der Waals surface area contributed by atoms with E-state index in [1.165, 1.54) is 6.07 Å². The number of piperidine rings is 1. The minimum atomic E-state index is -0.508. The molecule has 0 aromatic heterocycles. The number of carbonyl (C=O) groups excluding carboxylic acids is 1. The third-order valence-corrected chi connectivity index (χ3v) is 4.54. The molecule has 0 radical (unpaired) electrons. The molecule has 6 heteroatoms. The number of carbonyl (C=O) groups is 1. The lowest BCUT2D eigenvalue weighted by Gasteiger charge is -2.37. The second kappa shape index (κ2) is 6.97. The highest BCUT2D eigenvalue weighted by atomic mass is 19.1. The van der Waals surface area contributed by atoms with E-state index < -0.39 is 5.82 Å². The number of hydrogen-bond donors (Lipinski definition) is 0. The maximum atomic E-state index is 13.8. The van der Waals surface area contributed by atoms with Crippen molar-refractivity contribution in [3.63, 3.8) is 0 Å². The summed E-state index contributed by atoms with van der Waals surface area (Å²) in [5.74, 6) is -0.462. The molecule has 23 heavy (non-hydrogen) atoms. The largest absolute Gasteiger partial charge is 0.378 e. The van der Waals surface area contributed by atoms with Crippen LogP contribution < -0.4 is 4.90 Å². The van der Waals surface area contributed by atoms with Crippen LogP contribution in [0.5, 0.6) is 0 Å². The number of nitriles is 1. The Balaban J connectivity index is 1.75. The van der Waals surface area contributed by atoms with Crippen LogP contribution in [0.15, 0.2) is 18.2 Å². The zero-order valence-corrected chi connectivity index (χ0v) is 13.0. The lowest BCUT2D eigenvalue weighted by atomic mass is 9.95. The Hall–Kier alpha value is -2.13. The summed E-state index contributed by atoms with van der Waals surface area (Å²) >= 11 is 0. The van der Waals surface area contributed by atoms with Gasteiger partial charge in [0.2, 0.25) is 5.91 Å². The van der Waals surface area contributed by atoms with Crippen molar-refractivity contribution in [2.24, 2.45) is 5.92 Å². The van der Waals surface area contributed by atoms with E-state index in [9.17, 15) is 14.4 Å². The fraction of sp³-hybridized carbons (Fsp3) is 0.529. The van der Waals surface area contributed by atoms with Crippen LogP contribution in [0.2, 0.25) is 0 Å². The summed E-state index contributed by atoms with van der Waals surface area (Å²) in [6, 6.07) is 6.60. The molecule has 122 valence electrons. The summed E-state index contributed by atoms with van der Waals surface area (Å²) in [6.07, 6.45) is 1.70. The summed E-state index contributed by atoms with van der Waals surface area (Å²) in [5, 5.41) is 9.20. The Morgan fingerprint density at radius 1 is 1.30 bits per heavy atom. The zero-order chi connectivity index (χ0) is 16.2. The molecule has 0 bridgehead atoms. The topological polar surface area (TPSA) is 56.6 Å². The van der Waals surface area contributed by atoms with Crippen LogP contribution >= 0.6 is 0 Å². The molecule has 2 aliphatic rings. The Morgan fingerprint density at radius 3 is 2.83 bits per heavy atom. The predicted octanol–water partition coefficient (Wildman–Crippen LogP) is 1.77. The lowest BCUT2D eigenvalue weighted by Crippen LogP contribution is -2.48. The van der Waals surface area contributed by atoms with Crippen molar-refractivity contribution in [1.29, 1.82) is 5.26 Å². The van der Waals surface area contributed by atoms with Crippen molar-refractivity contribution in [3.05, 3.63) is 29.6 Å². The van der Waals surface area contributed by atoms with E-state index in [0.29, 0.717) is 38.5 Å². The fourth-order valence-electron chi connectivity index (χ4n) is 3.33. The van der Waals surface area contributed by atoms with Gasteiger partial charge in [-0.25, -0.2) is 4.39 Å². The average Bonchev–Trinajstić information content (AvgIpc) is 2.61. The van der Waals surface area contributed by atoms with Gasteiger partial charge >= 0.3 is 0 Å². The summed E-state index contributed by atoms with van der Waals surface area (Å²) in [4.78, 5) is 16.5. The van der Waals surface area contributed by atoms with Gasteiger partial charge in [0.1, 0.15) is 17.4 Å². The molecule has 3 rings (SSSR count). The molecule has 1 amide bonds. The molecule has 2 heterocycles. The summed E-state index contributed by atoms with van der Waals surface area (Å²) in [5.41, 5.74) is 0.652. The minimum Gasteiger partial charge on any atom is -0.378 e. The second-order valence-electron chi connectivity index (χ2n) is 5.97. The zero-order valence-electron chi connectivity index (χ0n) is 13.0. The van der Waals surface area contributed by atoms with E-state index in [0.717, 1.165) is 19.4 Å². The van der Waals surface area contributed by atoms with Gasteiger partial charge < -0.3 is 14.5 Å². The normalized spacial score (nSPS) is 21.8. The molecule has 2 aliphatic heterocycles. The van der Waals surface area contributed by atoms with Crippen LogP contribution in [0.25, 0.3) is 0 Å². The van der Waals surface area contributed by atoms with E-state index in [2.05, 4.69) is 0 Å². The smallest absolute Gasteiger partial charge is 0.227 e. The standard InChI is InChI=1S/C17H20FN3O2/c18-15-4-1-5-16(14(15)11-19)21-6-2-3-13(12-21)17(22)20-7-9-23-10-8-20/h1,4-5,13H,2-3,6-10,12H2. The second-order valence-corrected chi connectivity index (χ2v) is 5.97. The van der Waals surface area contributed by atoms with Crippen molar-refractivity contribution in [1.82, 2.24) is 4.90 Å². The molecule has 2 fully saturated rings. The van der Waals surface area contributed by atoms with Crippen LogP contribution in [0.4, 0.5) is 10.1 Å². The van der Waals surface area contributed by atoms with Gasteiger partial charge in [0.15, 0.2) is 0 Å². The monoisotopic (exact) mass is 317 g/mol. The number of rotatable bonds is 2. The van der Waals surface area contributed by atoms with E-state index in [1.54, 1.807) is 12.1 Å². The maximum Gasteiger partial charge on any atom is 0.227 e. The molecule has 0 spiro atoms. The molecule has 0 saturated carbocycles. The third kappa shape index (κ3) is 3.30. The minimum absolute atomic E-state index is 0.0620. The maximum absolute atomic E-state index is 13.8. The molecular formula is C17H20FN3O2. The first-order valence-corrected chi connectivity index (χ1v) is 8.01. The van der Waals surface area contributed by atoms with Gasteiger partial charge in [-0.2, -0.15) is 5.26 Å². The van der Waals surface area contributed by atoms with E-state index in [-0.39, 0.29) is 17.4 Å². The van der Waals surface area contributed by atoms with Crippen LogP contribution in [0.3, 0.4) is 0 Å². The van der Waals surface area contributed by atoms with Crippen LogP contribution in [0.1, 0.15) is 18.4 Å². The van der Waals surface area contributed by atoms with Crippen LogP contribution in [-0.4, -0.2) is 50.2 Å².